The number of ether oxygens (including phenoxy) is 1. The van der Waals surface area contributed by atoms with E-state index >= 15 is 0 Å². The van der Waals surface area contributed by atoms with Gasteiger partial charge in [0, 0.05) is 24.1 Å². The van der Waals surface area contributed by atoms with Crippen molar-refractivity contribution in [2.45, 2.75) is 36.6 Å². The highest BCUT2D eigenvalue weighted by Gasteiger charge is 2.24. The minimum absolute atomic E-state index is 0.242. The molecular weight excluding hydrogens is 330 g/mol. The standard InChI is InChI=1S/C16H17N3O4S/c1-10-7-12(19-23-10)9-24-15-13(3-2-6-17-15)16(21)22-8-14(20)18-11-4-5-11/h2-3,6-7,11H,4-5,8-9H2,1H3,(H,18,20). The van der Waals surface area contributed by atoms with E-state index in [2.05, 4.69) is 15.5 Å². The van der Waals surface area contributed by atoms with Gasteiger partial charge in [-0.1, -0.05) is 16.9 Å². The van der Waals surface area contributed by atoms with Crippen LogP contribution in [0.15, 0.2) is 33.9 Å². The third kappa shape index (κ3) is 4.58. The average molecular weight is 347 g/mol. The predicted octanol–water partition coefficient (Wildman–Crippen LogP) is 2.11. The first-order valence-corrected chi connectivity index (χ1v) is 8.57. The topological polar surface area (TPSA) is 94.3 Å². The fraction of sp³-hybridized carbons (Fsp3) is 0.375. The van der Waals surface area contributed by atoms with Gasteiger partial charge in [0.25, 0.3) is 5.91 Å². The number of carbonyl (C=O) groups is 2. The van der Waals surface area contributed by atoms with Gasteiger partial charge in [0.15, 0.2) is 6.61 Å². The maximum absolute atomic E-state index is 12.2. The Morgan fingerprint density at radius 1 is 1.46 bits per heavy atom. The number of nitrogens with one attached hydrogen (secondary N) is 1. The van der Waals surface area contributed by atoms with Gasteiger partial charge in [0.05, 0.1) is 11.3 Å². The number of rotatable bonds is 7. The Morgan fingerprint density at radius 2 is 2.29 bits per heavy atom. The van der Waals surface area contributed by atoms with E-state index in [1.165, 1.54) is 11.8 Å². The van der Waals surface area contributed by atoms with Crippen LogP contribution in [0, 0.1) is 6.92 Å². The zero-order valence-electron chi connectivity index (χ0n) is 13.2. The van der Waals surface area contributed by atoms with E-state index in [4.69, 9.17) is 9.26 Å². The highest BCUT2D eigenvalue weighted by molar-refractivity contribution is 7.98. The van der Waals surface area contributed by atoms with Gasteiger partial charge in [-0.05, 0) is 31.9 Å². The second kappa shape index (κ2) is 7.48. The molecule has 0 radical (unpaired) electrons. The highest BCUT2D eigenvalue weighted by Crippen LogP contribution is 2.24. The lowest BCUT2D eigenvalue weighted by molar-refractivity contribution is -0.124. The minimum atomic E-state index is -0.562. The van der Waals surface area contributed by atoms with Crippen molar-refractivity contribution in [3.63, 3.8) is 0 Å². The maximum Gasteiger partial charge on any atom is 0.341 e. The Kier molecular flexibility index (Phi) is 5.14. The van der Waals surface area contributed by atoms with Crippen LogP contribution in [0.5, 0.6) is 0 Å². The third-order valence-corrected chi connectivity index (χ3v) is 4.34. The van der Waals surface area contributed by atoms with Crippen LogP contribution in [0.25, 0.3) is 0 Å². The number of carbonyl (C=O) groups excluding carboxylic acids is 2. The van der Waals surface area contributed by atoms with Gasteiger partial charge in [0.2, 0.25) is 0 Å². The molecule has 7 nitrogen and oxygen atoms in total. The molecule has 2 aromatic heterocycles. The smallest absolute Gasteiger partial charge is 0.341 e. The second-order valence-corrected chi connectivity index (χ2v) is 6.46. The molecule has 0 spiro atoms. The largest absolute Gasteiger partial charge is 0.452 e. The van der Waals surface area contributed by atoms with Crippen LogP contribution in [-0.4, -0.2) is 34.7 Å². The monoisotopic (exact) mass is 347 g/mol. The predicted molar refractivity (Wildman–Crippen MR) is 86.5 cm³/mol. The van der Waals surface area contributed by atoms with Crippen molar-refractivity contribution in [2.75, 3.05) is 6.61 Å². The summed E-state index contributed by atoms with van der Waals surface area (Å²) in [5.41, 5.74) is 1.10. The van der Waals surface area contributed by atoms with Gasteiger partial charge in [-0.3, -0.25) is 4.79 Å². The summed E-state index contributed by atoms with van der Waals surface area (Å²) in [5.74, 6) is 0.416. The number of hydrogen-bond acceptors (Lipinski definition) is 7. The molecule has 126 valence electrons. The summed E-state index contributed by atoms with van der Waals surface area (Å²) >= 11 is 1.36. The number of aromatic nitrogens is 2. The van der Waals surface area contributed by atoms with E-state index in [9.17, 15) is 9.59 Å². The zero-order chi connectivity index (χ0) is 16.9. The lowest BCUT2D eigenvalue weighted by Gasteiger charge is -2.08. The number of amides is 1. The molecule has 8 heteroatoms. The summed E-state index contributed by atoms with van der Waals surface area (Å²) in [7, 11) is 0. The average Bonchev–Trinajstić information content (AvgIpc) is 3.29. The maximum atomic E-state index is 12.2. The van der Waals surface area contributed by atoms with Crippen molar-refractivity contribution < 1.29 is 18.8 Å². The van der Waals surface area contributed by atoms with Gasteiger partial charge >= 0.3 is 5.97 Å². The second-order valence-electron chi connectivity index (χ2n) is 5.49. The summed E-state index contributed by atoms with van der Waals surface area (Å²) in [5, 5.41) is 7.21. The number of aryl methyl sites for hydroxylation is 1. The van der Waals surface area contributed by atoms with Gasteiger partial charge < -0.3 is 14.6 Å². The lowest BCUT2D eigenvalue weighted by Crippen LogP contribution is -2.30. The quantitative estimate of drug-likeness (QED) is 0.605. The highest BCUT2D eigenvalue weighted by atomic mass is 32.2. The Labute approximate surface area is 143 Å². The third-order valence-electron chi connectivity index (χ3n) is 3.30. The molecule has 0 unspecified atom stereocenters. The molecule has 2 aromatic rings. The van der Waals surface area contributed by atoms with E-state index in [0.29, 0.717) is 16.3 Å². The number of nitrogens with zero attached hydrogens (tertiary/aromatic N) is 2. The van der Waals surface area contributed by atoms with E-state index < -0.39 is 5.97 Å². The van der Waals surface area contributed by atoms with Crippen molar-refractivity contribution in [3.8, 4) is 0 Å². The zero-order valence-corrected chi connectivity index (χ0v) is 14.0. The molecule has 24 heavy (non-hydrogen) atoms. The van der Waals surface area contributed by atoms with Crippen LogP contribution in [0.4, 0.5) is 0 Å². The first-order chi connectivity index (χ1) is 11.6. The first-order valence-electron chi connectivity index (χ1n) is 7.58. The van der Waals surface area contributed by atoms with E-state index in [1.807, 2.05) is 13.0 Å². The molecule has 1 aliphatic rings. The fourth-order valence-corrected chi connectivity index (χ4v) is 2.86. The summed E-state index contributed by atoms with van der Waals surface area (Å²) in [6, 6.07) is 5.36. The van der Waals surface area contributed by atoms with Crippen LogP contribution >= 0.6 is 11.8 Å². The molecule has 0 bridgehead atoms. The Hall–Kier alpha value is -2.35. The summed E-state index contributed by atoms with van der Waals surface area (Å²) in [4.78, 5) is 28.0. The molecule has 1 aliphatic carbocycles. The molecule has 1 fully saturated rings. The van der Waals surface area contributed by atoms with E-state index in [1.54, 1.807) is 18.3 Å². The van der Waals surface area contributed by atoms with Crippen molar-refractivity contribution in [1.82, 2.24) is 15.5 Å². The minimum Gasteiger partial charge on any atom is -0.452 e. The van der Waals surface area contributed by atoms with Crippen LogP contribution in [0.1, 0.15) is 34.7 Å². The molecule has 0 aromatic carbocycles. The number of esters is 1. The fourth-order valence-electron chi connectivity index (χ4n) is 2.00. The molecule has 3 rings (SSSR count). The molecule has 2 heterocycles. The molecule has 1 N–H and O–H groups in total. The van der Waals surface area contributed by atoms with Crippen LogP contribution in [-0.2, 0) is 15.3 Å². The van der Waals surface area contributed by atoms with Crippen LogP contribution < -0.4 is 5.32 Å². The van der Waals surface area contributed by atoms with Gasteiger partial charge in [-0.15, -0.1) is 0 Å². The summed E-state index contributed by atoms with van der Waals surface area (Å²) in [6.07, 6.45) is 3.59. The van der Waals surface area contributed by atoms with Crippen LogP contribution in [0.2, 0.25) is 0 Å². The molecule has 1 saturated carbocycles. The molecular formula is C16H17N3O4S. The van der Waals surface area contributed by atoms with Crippen LogP contribution in [0.3, 0.4) is 0 Å². The number of thioether (sulfide) groups is 1. The normalized spacial score (nSPS) is 13.5. The molecule has 0 saturated heterocycles. The Balaban J connectivity index is 1.57. The Morgan fingerprint density at radius 3 is 3.00 bits per heavy atom. The van der Waals surface area contributed by atoms with Crippen molar-refractivity contribution >= 4 is 23.6 Å². The molecule has 1 amide bonds. The van der Waals surface area contributed by atoms with E-state index in [-0.39, 0.29) is 18.6 Å². The van der Waals surface area contributed by atoms with Gasteiger partial charge in [-0.2, -0.15) is 0 Å². The lowest BCUT2D eigenvalue weighted by atomic mass is 10.3. The number of hydrogen-bond donors (Lipinski definition) is 1. The SMILES string of the molecule is Cc1cc(CSc2ncccc2C(=O)OCC(=O)NC2CC2)no1. The molecule has 0 atom stereocenters. The van der Waals surface area contributed by atoms with Crippen molar-refractivity contribution in [1.29, 1.82) is 0 Å². The Bertz CT molecular complexity index is 742. The van der Waals surface area contributed by atoms with Gasteiger partial charge in [-0.25, -0.2) is 9.78 Å². The van der Waals surface area contributed by atoms with Crippen molar-refractivity contribution in [3.05, 3.63) is 41.4 Å². The summed E-state index contributed by atoms with van der Waals surface area (Å²) < 4.78 is 10.1. The molecule has 0 aliphatic heterocycles. The first kappa shape index (κ1) is 16.5. The van der Waals surface area contributed by atoms with Gasteiger partial charge in [0.1, 0.15) is 10.8 Å². The van der Waals surface area contributed by atoms with E-state index in [0.717, 1.165) is 24.3 Å². The summed E-state index contributed by atoms with van der Waals surface area (Å²) in [6.45, 7) is 1.54. The number of pyridine rings is 1. The van der Waals surface area contributed by atoms with Crippen molar-refractivity contribution in [2.24, 2.45) is 0 Å².